The van der Waals surface area contributed by atoms with E-state index in [-0.39, 0.29) is 6.04 Å². The van der Waals surface area contributed by atoms with Crippen molar-refractivity contribution in [3.8, 4) is 0 Å². The van der Waals surface area contributed by atoms with Crippen LogP contribution in [0.2, 0.25) is 0 Å². The highest BCUT2D eigenvalue weighted by molar-refractivity contribution is 9.10. The highest BCUT2D eigenvalue weighted by atomic mass is 79.9. The molecule has 0 amide bonds. The van der Waals surface area contributed by atoms with Crippen molar-refractivity contribution in [2.45, 2.75) is 16.8 Å². The molecular formula is C15H9Br2Cl2N. The first kappa shape index (κ1) is 13.4. The number of aromatic nitrogens is 1. The minimum absolute atomic E-state index is 0.146. The van der Waals surface area contributed by atoms with Crippen molar-refractivity contribution in [2.75, 3.05) is 0 Å². The van der Waals surface area contributed by atoms with Crippen molar-refractivity contribution in [2.24, 2.45) is 0 Å². The van der Waals surface area contributed by atoms with E-state index in [4.69, 9.17) is 23.2 Å². The summed E-state index contributed by atoms with van der Waals surface area (Å²) >= 11 is 19.7. The molecule has 0 saturated heterocycles. The van der Waals surface area contributed by atoms with Crippen molar-refractivity contribution in [1.29, 1.82) is 0 Å². The van der Waals surface area contributed by atoms with Crippen LogP contribution in [-0.2, 0) is 0 Å². The smallest absolute Gasteiger partial charge is 0.141 e. The number of halogens is 4. The molecule has 1 aliphatic carbocycles. The fourth-order valence-electron chi connectivity index (χ4n) is 2.81. The van der Waals surface area contributed by atoms with E-state index >= 15 is 0 Å². The second-order valence-corrected chi connectivity index (χ2v) is 8.55. The van der Waals surface area contributed by atoms with Gasteiger partial charge in [0.25, 0.3) is 0 Å². The van der Waals surface area contributed by atoms with Gasteiger partial charge in [0.2, 0.25) is 0 Å². The Kier molecular flexibility index (Phi) is 2.95. The molecular weight excluding hydrogens is 425 g/mol. The summed E-state index contributed by atoms with van der Waals surface area (Å²) in [6.07, 6.45) is 0.793. The molecule has 1 atom stereocenters. The fourth-order valence-corrected chi connectivity index (χ4v) is 4.02. The van der Waals surface area contributed by atoms with Crippen LogP contribution in [0.1, 0.15) is 12.5 Å². The zero-order chi connectivity index (χ0) is 14.1. The lowest BCUT2D eigenvalue weighted by molar-refractivity contribution is 0.794. The van der Waals surface area contributed by atoms with E-state index in [2.05, 4.69) is 72.8 Å². The summed E-state index contributed by atoms with van der Waals surface area (Å²) in [5.74, 6) is 0. The number of benzene rings is 2. The first-order valence-corrected chi connectivity index (χ1v) is 8.58. The first-order chi connectivity index (χ1) is 9.47. The molecule has 0 spiro atoms. The summed E-state index contributed by atoms with van der Waals surface area (Å²) < 4.78 is 3.77. The summed E-state index contributed by atoms with van der Waals surface area (Å²) in [5.41, 5.74) is 2.35. The Morgan fingerprint density at radius 3 is 1.80 bits per heavy atom. The minimum atomic E-state index is -0.640. The molecule has 1 heterocycles. The monoisotopic (exact) mass is 431 g/mol. The van der Waals surface area contributed by atoms with Crippen LogP contribution in [0.25, 0.3) is 21.8 Å². The number of hydrogen-bond donors (Lipinski definition) is 0. The van der Waals surface area contributed by atoms with Crippen molar-refractivity contribution in [3.63, 3.8) is 0 Å². The van der Waals surface area contributed by atoms with Gasteiger partial charge in [0.05, 0.1) is 6.04 Å². The van der Waals surface area contributed by atoms with Gasteiger partial charge in [0.1, 0.15) is 4.33 Å². The summed E-state index contributed by atoms with van der Waals surface area (Å²) in [6, 6.07) is 12.8. The Morgan fingerprint density at radius 1 is 0.950 bits per heavy atom. The van der Waals surface area contributed by atoms with Gasteiger partial charge in [-0.05, 0) is 36.4 Å². The molecule has 20 heavy (non-hydrogen) atoms. The normalized spacial score (nSPS) is 20.7. The van der Waals surface area contributed by atoms with Crippen molar-refractivity contribution < 1.29 is 0 Å². The van der Waals surface area contributed by atoms with Gasteiger partial charge in [-0.3, -0.25) is 0 Å². The maximum absolute atomic E-state index is 6.29. The summed E-state index contributed by atoms with van der Waals surface area (Å²) in [4.78, 5) is 0. The molecule has 1 nitrogen and oxygen atoms in total. The average Bonchev–Trinajstić information content (AvgIpc) is 2.90. The van der Waals surface area contributed by atoms with Crippen molar-refractivity contribution in [3.05, 3.63) is 45.3 Å². The van der Waals surface area contributed by atoms with Crippen LogP contribution < -0.4 is 0 Å². The summed E-state index contributed by atoms with van der Waals surface area (Å²) in [7, 11) is 0. The largest absolute Gasteiger partial charge is 0.334 e. The third-order valence-electron chi connectivity index (χ3n) is 3.83. The predicted molar refractivity (Wildman–Crippen MR) is 92.9 cm³/mol. The average molecular weight is 434 g/mol. The van der Waals surface area contributed by atoms with E-state index in [0.29, 0.717) is 0 Å². The highest BCUT2D eigenvalue weighted by Crippen LogP contribution is 2.58. The van der Waals surface area contributed by atoms with Gasteiger partial charge in [0.15, 0.2) is 0 Å². The number of nitrogens with zero attached hydrogens (tertiary/aromatic N) is 1. The van der Waals surface area contributed by atoms with E-state index in [0.717, 1.165) is 15.4 Å². The van der Waals surface area contributed by atoms with Crippen LogP contribution in [0.5, 0.6) is 0 Å². The van der Waals surface area contributed by atoms with Crippen molar-refractivity contribution >= 4 is 76.9 Å². The van der Waals surface area contributed by atoms with E-state index in [1.807, 2.05) is 0 Å². The van der Waals surface area contributed by atoms with Gasteiger partial charge < -0.3 is 4.57 Å². The topological polar surface area (TPSA) is 4.93 Å². The van der Waals surface area contributed by atoms with Crippen LogP contribution in [0.15, 0.2) is 45.3 Å². The minimum Gasteiger partial charge on any atom is -0.334 e. The Bertz CT molecular complexity index is 795. The quantitative estimate of drug-likeness (QED) is 0.389. The van der Waals surface area contributed by atoms with Crippen molar-refractivity contribution in [1.82, 2.24) is 4.57 Å². The molecule has 1 aromatic heterocycles. The molecule has 3 aromatic rings. The van der Waals surface area contributed by atoms with Crippen LogP contribution in [0.4, 0.5) is 0 Å². The molecule has 2 aromatic carbocycles. The van der Waals surface area contributed by atoms with Gasteiger partial charge in [-0.2, -0.15) is 0 Å². The second kappa shape index (κ2) is 4.39. The summed E-state index contributed by atoms with van der Waals surface area (Å²) in [5, 5.41) is 2.43. The van der Waals surface area contributed by atoms with Crippen LogP contribution >= 0.6 is 55.1 Å². The number of hydrogen-bond acceptors (Lipinski definition) is 0. The number of alkyl halides is 2. The van der Waals surface area contributed by atoms with E-state index < -0.39 is 4.33 Å². The molecule has 1 aliphatic rings. The molecule has 1 saturated carbocycles. The van der Waals surface area contributed by atoms with E-state index in [1.54, 1.807) is 0 Å². The lowest BCUT2D eigenvalue weighted by Gasteiger charge is -2.07. The lowest BCUT2D eigenvalue weighted by Crippen LogP contribution is -2.00. The zero-order valence-corrected chi connectivity index (χ0v) is 14.9. The fraction of sp³-hybridized carbons (Fsp3) is 0.200. The molecule has 5 heteroatoms. The maximum atomic E-state index is 6.29. The Labute approximate surface area is 143 Å². The number of fused-ring (bicyclic) bond motifs is 3. The molecule has 0 aliphatic heterocycles. The SMILES string of the molecule is ClC1(Cl)CC1n1c2ccc(Br)cc2c2cc(Br)ccc21. The van der Waals surface area contributed by atoms with E-state index in [9.17, 15) is 0 Å². The maximum Gasteiger partial charge on any atom is 0.141 e. The Morgan fingerprint density at radius 2 is 1.40 bits per heavy atom. The Balaban J connectivity index is 2.14. The van der Waals surface area contributed by atoms with Gasteiger partial charge in [-0.1, -0.05) is 55.1 Å². The van der Waals surface area contributed by atoms with Crippen LogP contribution in [0, 0.1) is 0 Å². The van der Waals surface area contributed by atoms with Gasteiger partial charge in [0, 0.05) is 37.2 Å². The zero-order valence-electron chi connectivity index (χ0n) is 10.2. The molecule has 0 bridgehead atoms. The predicted octanol–water partition coefficient (Wildman–Crippen LogP) is 6.44. The van der Waals surface area contributed by atoms with Gasteiger partial charge >= 0.3 is 0 Å². The summed E-state index contributed by atoms with van der Waals surface area (Å²) in [6.45, 7) is 0. The third-order valence-corrected chi connectivity index (χ3v) is 5.63. The molecule has 1 unspecified atom stereocenters. The highest BCUT2D eigenvalue weighted by Gasteiger charge is 2.53. The number of rotatable bonds is 1. The standard InChI is InChI=1S/C15H9Br2Cl2N/c16-8-1-3-12-10(5-8)11-6-9(17)2-4-13(11)20(12)14-7-15(14,18)19/h1-6,14H,7H2. The molecule has 4 rings (SSSR count). The first-order valence-electron chi connectivity index (χ1n) is 6.24. The van der Waals surface area contributed by atoms with Crippen LogP contribution in [0.3, 0.4) is 0 Å². The van der Waals surface area contributed by atoms with Gasteiger partial charge in [-0.15, -0.1) is 0 Å². The van der Waals surface area contributed by atoms with Gasteiger partial charge in [-0.25, -0.2) is 0 Å². The Hall–Kier alpha value is -0.220. The second-order valence-electron chi connectivity index (χ2n) is 5.17. The van der Waals surface area contributed by atoms with E-state index in [1.165, 1.54) is 21.8 Å². The molecule has 1 fully saturated rings. The molecule has 0 radical (unpaired) electrons. The third kappa shape index (κ3) is 1.94. The molecule has 102 valence electrons. The molecule has 0 N–H and O–H groups in total. The van der Waals surface area contributed by atoms with Crippen LogP contribution in [-0.4, -0.2) is 8.90 Å². The lowest BCUT2D eigenvalue weighted by atomic mass is 10.2.